The van der Waals surface area contributed by atoms with E-state index >= 15 is 0 Å². The molecule has 0 saturated carbocycles. The minimum atomic E-state index is -0.350. The molecule has 2 unspecified atom stereocenters. The summed E-state index contributed by atoms with van der Waals surface area (Å²) >= 11 is 0. The normalized spacial score (nSPS) is 14.1. The van der Waals surface area contributed by atoms with Crippen molar-refractivity contribution in [2.75, 3.05) is 6.54 Å². The molecule has 1 aromatic carbocycles. The summed E-state index contributed by atoms with van der Waals surface area (Å²) in [6, 6.07) is 6.06. The van der Waals surface area contributed by atoms with Crippen molar-refractivity contribution in [3.05, 3.63) is 35.6 Å². The number of halogens is 1. The predicted octanol–water partition coefficient (Wildman–Crippen LogP) is 3.03. The van der Waals surface area contributed by atoms with Gasteiger partial charge in [0.1, 0.15) is 5.82 Å². The SMILES string of the molecule is CC(C)CCNC(=O)C(C)NC(C)c1ccccc1F. The van der Waals surface area contributed by atoms with Crippen LogP contribution in [0.15, 0.2) is 24.3 Å². The highest BCUT2D eigenvalue weighted by Gasteiger charge is 2.17. The summed E-state index contributed by atoms with van der Waals surface area (Å²) in [4.78, 5) is 11.9. The lowest BCUT2D eigenvalue weighted by atomic mass is 10.1. The highest BCUT2D eigenvalue weighted by molar-refractivity contribution is 5.81. The second-order valence-corrected chi connectivity index (χ2v) is 5.61. The summed E-state index contributed by atoms with van der Waals surface area (Å²) in [7, 11) is 0. The molecule has 0 aliphatic rings. The first-order valence-corrected chi connectivity index (χ1v) is 7.20. The molecule has 2 N–H and O–H groups in total. The molecule has 0 heterocycles. The number of amides is 1. The molecule has 0 aliphatic heterocycles. The molecular formula is C16H25FN2O. The van der Waals surface area contributed by atoms with Crippen molar-refractivity contribution < 1.29 is 9.18 Å². The molecule has 112 valence electrons. The number of benzene rings is 1. The Balaban J connectivity index is 2.47. The van der Waals surface area contributed by atoms with Crippen LogP contribution in [0.25, 0.3) is 0 Å². The van der Waals surface area contributed by atoms with Crippen LogP contribution in [0.5, 0.6) is 0 Å². The molecule has 0 aromatic heterocycles. The van der Waals surface area contributed by atoms with Gasteiger partial charge in [-0.3, -0.25) is 10.1 Å². The van der Waals surface area contributed by atoms with Gasteiger partial charge in [0.05, 0.1) is 6.04 Å². The minimum absolute atomic E-state index is 0.0474. The van der Waals surface area contributed by atoms with E-state index in [0.29, 0.717) is 18.0 Å². The van der Waals surface area contributed by atoms with Crippen LogP contribution in [-0.2, 0) is 4.79 Å². The van der Waals surface area contributed by atoms with E-state index in [1.165, 1.54) is 6.07 Å². The van der Waals surface area contributed by atoms with Crippen molar-refractivity contribution in [2.24, 2.45) is 5.92 Å². The molecule has 1 aromatic rings. The Kier molecular flexibility index (Phi) is 6.65. The monoisotopic (exact) mass is 280 g/mol. The minimum Gasteiger partial charge on any atom is -0.355 e. The third kappa shape index (κ3) is 5.29. The second-order valence-electron chi connectivity index (χ2n) is 5.61. The van der Waals surface area contributed by atoms with E-state index in [0.717, 1.165) is 6.42 Å². The van der Waals surface area contributed by atoms with Gasteiger partial charge in [-0.15, -0.1) is 0 Å². The van der Waals surface area contributed by atoms with Crippen LogP contribution >= 0.6 is 0 Å². The summed E-state index contributed by atoms with van der Waals surface area (Å²) in [6.45, 7) is 8.57. The van der Waals surface area contributed by atoms with E-state index in [-0.39, 0.29) is 23.8 Å². The zero-order valence-electron chi connectivity index (χ0n) is 12.7. The van der Waals surface area contributed by atoms with Crippen LogP contribution in [0.4, 0.5) is 4.39 Å². The molecule has 0 saturated heterocycles. The molecule has 1 amide bonds. The summed E-state index contributed by atoms with van der Waals surface area (Å²) in [5, 5.41) is 6.01. The first-order chi connectivity index (χ1) is 9.41. The zero-order chi connectivity index (χ0) is 15.1. The molecule has 0 aliphatic carbocycles. The van der Waals surface area contributed by atoms with Crippen LogP contribution in [0.2, 0.25) is 0 Å². The van der Waals surface area contributed by atoms with Crippen LogP contribution in [-0.4, -0.2) is 18.5 Å². The highest BCUT2D eigenvalue weighted by atomic mass is 19.1. The van der Waals surface area contributed by atoms with E-state index in [1.807, 2.05) is 6.92 Å². The van der Waals surface area contributed by atoms with Crippen LogP contribution in [0.3, 0.4) is 0 Å². The Labute approximate surface area is 121 Å². The zero-order valence-corrected chi connectivity index (χ0v) is 12.7. The fourth-order valence-corrected chi connectivity index (χ4v) is 2.00. The van der Waals surface area contributed by atoms with Crippen LogP contribution < -0.4 is 10.6 Å². The average Bonchev–Trinajstić information content (AvgIpc) is 2.38. The Hall–Kier alpha value is -1.42. The van der Waals surface area contributed by atoms with Crippen molar-refractivity contribution in [2.45, 2.75) is 46.2 Å². The molecule has 0 spiro atoms. The van der Waals surface area contributed by atoms with Crippen LogP contribution in [0, 0.1) is 11.7 Å². The Bertz CT molecular complexity index is 434. The number of rotatable bonds is 7. The second kappa shape index (κ2) is 8.00. The molecule has 0 radical (unpaired) electrons. The van der Waals surface area contributed by atoms with Crippen LogP contribution in [0.1, 0.15) is 45.7 Å². The Morgan fingerprint density at radius 1 is 1.20 bits per heavy atom. The van der Waals surface area contributed by atoms with Gasteiger partial charge in [0.2, 0.25) is 5.91 Å². The molecule has 3 nitrogen and oxygen atoms in total. The summed E-state index contributed by atoms with van der Waals surface area (Å²) < 4.78 is 13.6. The quantitative estimate of drug-likeness (QED) is 0.806. The standard InChI is InChI=1S/C16H25FN2O/c1-11(2)9-10-18-16(20)13(4)19-12(3)14-7-5-6-8-15(14)17/h5-8,11-13,19H,9-10H2,1-4H3,(H,18,20). The maximum absolute atomic E-state index is 13.6. The van der Waals surface area contributed by atoms with Crippen molar-refractivity contribution >= 4 is 5.91 Å². The predicted molar refractivity (Wildman–Crippen MR) is 79.9 cm³/mol. The van der Waals surface area contributed by atoms with E-state index in [1.54, 1.807) is 25.1 Å². The van der Waals surface area contributed by atoms with Gasteiger partial charge < -0.3 is 5.32 Å². The number of nitrogens with one attached hydrogen (secondary N) is 2. The number of hydrogen-bond acceptors (Lipinski definition) is 2. The van der Waals surface area contributed by atoms with Gasteiger partial charge in [-0.1, -0.05) is 32.0 Å². The average molecular weight is 280 g/mol. The first kappa shape index (κ1) is 16.6. The van der Waals surface area contributed by atoms with E-state index in [9.17, 15) is 9.18 Å². The van der Waals surface area contributed by atoms with Gasteiger partial charge in [0, 0.05) is 18.2 Å². The highest BCUT2D eigenvalue weighted by Crippen LogP contribution is 2.16. The van der Waals surface area contributed by atoms with Gasteiger partial charge >= 0.3 is 0 Å². The lowest BCUT2D eigenvalue weighted by Gasteiger charge is -2.20. The topological polar surface area (TPSA) is 41.1 Å². The van der Waals surface area contributed by atoms with E-state index in [2.05, 4.69) is 24.5 Å². The van der Waals surface area contributed by atoms with E-state index < -0.39 is 0 Å². The first-order valence-electron chi connectivity index (χ1n) is 7.20. The third-order valence-electron chi connectivity index (χ3n) is 3.29. The third-order valence-corrected chi connectivity index (χ3v) is 3.29. The molecule has 0 bridgehead atoms. The number of carbonyl (C=O) groups is 1. The van der Waals surface area contributed by atoms with Gasteiger partial charge in [0.25, 0.3) is 0 Å². The van der Waals surface area contributed by atoms with E-state index in [4.69, 9.17) is 0 Å². The molecule has 1 rings (SSSR count). The maximum Gasteiger partial charge on any atom is 0.236 e. The fraction of sp³-hybridized carbons (Fsp3) is 0.562. The molecule has 2 atom stereocenters. The Morgan fingerprint density at radius 2 is 1.85 bits per heavy atom. The van der Waals surface area contributed by atoms with Crippen molar-refractivity contribution in [1.29, 1.82) is 0 Å². The Morgan fingerprint density at radius 3 is 2.45 bits per heavy atom. The van der Waals surface area contributed by atoms with Crippen molar-refractivity contribution in [3.63, 3.8) is 0 Å². The molecule has 4 heteroatoms. The molecular weight excluding hydrogens is 255 g/mol. The lowest BCUT2D eigenvalue weighted by molar-refractivity contribution is -0.122. The summed E-state index contributed by atoms with van der Waals surface area (Å²) in [5.41, 5.74) is 0.578. The fourth-order valence-electron chi connectivity index (χ4n) is 2.00. The van der Waals surface area contributed by atoms with Crippen molar-refractivity contribution in [3.8, 4) is 0 Å². The maximum atomic E-state index is 13.6. The smallest absolute Gasteiger partial charge is 0.236 e. The lowest BCUT2D eigenvalue weighted by Crippen LogP contribution is -2.43. The number of hydrogen-bond donors (Lipinski definition) is 2. The van der Waals surface area contributed by atoms with Crippen molar-refractivity contribution in [1.82, 2.24) is 10.6 Å². The van der Waals surface area contributed by atoms with Gasteiger partial charge in [-0.2, -0.15) is 0 Å². The van der Waals surface area contributed by atoms with Gasteiger partial charge in [-0.05, 0) is 32.3 Å². The molecule has 0 fully saturated rings. The summed E-state index contributed by atoms with van der Waals surface area (Å²) in [6.07, 6.45) is 0.960. The molecule has 20 heavy (non-hydrogen) atoms. The number of carbonyl (C=O) groups excluding carboxylic acids is 1. The summed E-state index contributed by atoms with van der Waals surface area (Å²) in [5.74, 6) is 0.268. The van der Waals surface area contributed by atoms with Gasteiger partial charge in [0.15, 0.2) is 0 Å². The van der Waals surface area contributed by atoms with Gasteiger partial charge in [-0.25, -0.2) is 4.39 Å². The largest absolute Gasteiger partial charge is 0.355 e.